The quantitative estimate of drug-likeness (QED) is 0.525. The van der Waals surface area contributed by atoms with Crippen molar-refractivity contribution in [3.8, 4) is 0 Å². The Hall–Kier alpha value is -1.06. The fraction of sp³-hybridized carbons (Fsp3) is 0.867. The van der Waals surface area contributed by atoms with Crippen LogP contribution in [-0.4, -0.2) is 60.7 Å². The zero-order valence-electron chi connectivity index (χ0n) is 14.1. The Morgan fingerprint density at radius 1 is 0.895 bits per heavy atom. The van der Waals surface area contributed by atoms with Crippen molar-refractivity contribution in [1.29, 1.82) is 0 Å². The molecule has 4 heteroatoms. The second-order valence-electron chi connectivity index (χ2n) is 6.78. The number of hydrogen-bond acceptors (Lipinski definition) is 2. The van der Waals surface area contributed by atoms with E-state index in [0.717, 1.165) is 19.5 Å². The van der Waals surface area contributed by atoms with Gasteiger partial charge in [-0.2, -0.15) is 0 Å². The highest BCUT2D eigenvalue weighted by atomic mass is 15.1. The first-order chi connectivity index (χ1) is 8.56. The Balaban J connectivity index is 4.23. The van der Waals surface area contributed by atoms with Gasteiger partial charge in [-0.1, -0.05) is 0 Å². The number of aliphatic imine (C=N–C) groups is 2. The molecule has 0 bridgehead atoms. The van der Waals surface area contributed by atoms with Crippen LogP contribution in [0.4, 0.5) is 0 Å². The highest BCUT2D eigenvalue weighted by molar-refractivity contribution is 5.55. The molecule has 0 heterocycles. The van der Waals surface area contributed by atoms with Gasteiger partial charge in [0.05, 0.1) is 23.8 Å². The van der Waals surface area contributed by atoms with Crippen molar-refractivity contribution in [2.75, 3.05) is 27.2 Å². The molecule has 0 aromatic heterocycles. The van der Waals surface area contributed by atoms with E-state index < -0.39 is 0 Å². The first kappa shape index (κ1) is 17.9. The van der Waals surface area contributed by atoms with Gasteiger partial charge in [-0.25, -0.2) is 0 Å². The van der Waals surface area contributed by atoms with Crippen molar-refractivity contribution in [3.05, 3.63) is 0 Å². The van der Waals surface area contributed by atoms with Gasteiger partial charge in [0, 0.05) is 27.2 Å². The van der Waals surface area contributed by atoms with Crippen molar-refractivity contribution in [3.63, 3.8) is 0 Å². The van der Waals surface area contributed by atoms with Crippen LogP contribution >= 0.6 is 0 Å². The van der Waals surface area contributed by atoms with E-state index in [1.165, 1.54) is 0 Å². The van der Waals surface area contributed by atoms with Gasteiger partial charge < -0.3 is 9.80 Å². The minimum Gasteiger partial charge on any atom is -0.366 e. The molecule has 4 nitrogen and oxygen atoms in total. The third-order valence-electron chi connectivity index (χ3n) is 2.82. The Bertz CT molecular complexity index is 300. The van der Waals surface area contributed by atoms with Gasteiger partial charge in [0.1, 0.15) is 0 Å². The van der Waals surface area contributed by atoms with Crippen LogP contribution in [0.1, 0.15) is 48.0 Å². The van der Waals surface area contributed by atoms with Crippen molar-refractivity contribution in [2.24, 2.45) is 9.98 Å². The summed E-state index contributed by atoms with van der Waals surface area (Å²) in [5.74, 6) is 0. The summed E-state index contributed by atoms with van der Waals surface area (Å²) >= 11 is 0. The molecular weight excluding hydrogens is 236 g/mol. The molecule has 19 heavy (non-hydrogen) atoms. The average Bonchev–Trinajstić information content (AvgIpc) is 2.30. The zero-order chi connectivity index (χ0) is 15.1. The molecule has 0 spiro atoms. The summed E-state index contributed by atoms with van der Waals surface area (Å²) in [5.41, 5.74) is -0.0426. The molecule has 0 aromatic rings. The van der Waals surface area contributed by atoms with Gasteiger partial charge in [0.15, 0.2) is 0 Å². The topological polar surface area (TPSA) is 31.2 Å². The lowest BCUT2D eigenvalue weighted by atomic mass is 10.0. The Morgan fingerprint density at radius 3 is 1.89 bits per heavy atom. The normalized spacial score (nSPS) is 13.5. The van der Waals surface area contributed by atoms with Crippen molar-refractivity contribution in [1.82, 2.24) is 9.80 Å². The highest BCUT2D eigenvalue weighted by Crippen LogP contribution is 2.14. The van der Waals surface area contributed by atoms with Gasteiger partial charge >= 0.3 is 0 Å². The molecule has 0 saturated heterocycles. The van der Waals surface area contributed by atoms with Crippen LogP contribution in [0.25, 0.3) is 0 Å². The molecular formula is C15H32N4. The molecule has 0 unspecified atom stereocenters. The number of rotatable bonds is 7. The smallest absolute Gasteiger partial charge is 0.0853 e. The van der Waals surface area contributed by atoms with E-state index in [0.29, 0.717) is 0 Å². The molecule has 0 amide bonds. The van der Waals surface area contributed by atoms with E-state index in [1.54, 1.807) is 0 Å². The van der Waals surface area contributed by atoms with E-state index in [2.05, 4.69) is 68.4 Å². The second-order valence-corrected chi connectivity index (χ2v) is 6.78. The maximum absolute atomic E-state index is 4.64. The minimum absolute atomic E-state index is 0.00817. The molecule has 112 valence electrons. The third kappa shape index (κ3) is 10.5. The number of hydrogen-bond donors (Lipinski definition) is 0. The van der Waals surface area contributed by atoms with Crippen LogP contribution in [0.2, 0.25) is 0 Å². The second kappa shape index (κ2) is 7.51. The Morgan fingerprint density at radius 2 is 1.42 bits per heavy atom. The standard InChI is InChI=1S/C15H32N4/c1-9-18(7)13-17-15(5,6)10-11-19(8)12-16-14(2,3)4/h12-13H,9-11H2,1-8H3. The fourth-order valence-electron chi connectivity index (χ4n) is 1.18. The molecule has 0 radical (unpaired) electrons. The molecule has 0 aromatic carbocycles. The van der Waals surface area contributed by atoms with Crippen LogP contribution < -0.4 is 0 Å². The van der Waals surface area contributed by atoms with Crippen LogP contribution in [-0.2, 0) is 0 Å². The van der Waals surface area contributed by atoms with E-state index in [4.69, 9.17) is 0 Å². The minimum atomic E-state index is -0.0345. The maximum atomic E-state index is 4.64. The van der Waals surface area contributed by atoms with Gasteiger partial charge in [-0.05, 0) is 48.0 Å². The number of nitrogens with zero attached hydrogens (tertiary/aromatic N) is 4. The maximum Gasteiger partial charge on any atom is 0.0853 e. The molecule has 0 aliphatic carbocycles. The van der Waals surface area contributed by atoms with Crippen LogP contribution in [0.15, 0.2) is 9.98 Å². The van der Waals surface area contributed by atoms with Crippen molar-refractivity contribution >= 4 is 12.7 Å². The first-order valence-corrected chi connectivity index (χ1v) is 7.07. The van der Waals surface area contributed by atoms with Crippen molar-refractivity contribution in [2.45, 2.75) is 59.0 Å². The third-order valence-corrected chi connectivity index (χ3v) is 2.82. The summed E-state index contributed by atoms with van der Waals surface area (Å²) in [5, 5.41) is 0. The largest absolute Gasteiger partial charge is 0.366 e. The van der Waals surface area contributed by atoms with Crippen LogP contribution in [0.3, 0.4) is 0 Å². The summed E-state index contributed by atoms with van der Waals surface area (Å²) < 4.78 is 0. The van der Waals surface area contributed by atoms with Gasteiger partial charge in [0.25, 0.3) is 0 Å². The Labute approximate surface area is 119 Å². The van der Waals surface area contributed by atoms with Crippen LogP contribution in [0, 0.1) is 0 Å². The SMILES string of the molecule is CCN(C)C=NC(C)(C)CCN(C)C=NC(C)(C)C. The van der Waals surface area contributed by atoms with E-state index in [-0.39, 0.29) is 11.1 Å². The highest BCUT2D eigenvalue weighted by Gasteiger charge is 2.16. The predicted molar refractivity (Wildman–Crippen MR) is 86.4 cm³/mol. The van der Waals surface area contributed by atoms with Gasteiger partial charge in [-0.3, -0.25) is 9.98 Å². The molecule has 0 rings (SSSR count). The van der Waals surface area contributed by atoms with Gasteiger partial charge in [-0.15, -0.1) is 0 Å². The van der Waals surface area contributed by atoms with Crippen molar-refractivity contribution < 1.29 is 0 Å². The summed E-state index contributed by atoms with van der Waals surface area (Å²) in [6, 6.07) is 0. The summed E-state index contributed by atoms with van der Waals surface area (Å²) in [4.78, 5) is 13.4. The van der Waals surface area contributed by atoms with E-state index >= 15 is 0 Å². The first-order valence-electron chi connectivity index (χ1n) is 7.07. The molecule has 0 aliphatic rings. The molecule has 0 saturated carbocycles. The summed E-state index contributed by atoms with van der Waals surface area (Å²) in [6.07, 6.45) is 4.87. The van der Waals surface area contributed by atoms with E-state index in [1.807, 2.05) is 19.7 Å². The fourth-order valence-corrected chi connectivity index (χ4v) is 1.18. The average molecular weight is 268 g/mol. The van der Waals surface area contributed by atoms with Crippen LogP contribution in [0.5, 0.6) is 0 Å². The Kier molecular flexibility index (Phi) is 7.09. The zero-order valence-corrected chi connectivity index (χ0v) is 14.1. The predicted octanol–water partition coefficient (Wildman–Crippen LogP) is 2.89. The molecule has 0 aliphatic heterocycles. The monoisotopic (exact) mass is 268 g/mol. The van der Waals surface area contributed by atoms with E-state index in [9.17, 15) is 0 Å². The summed E-state index contributed by atoms with van der Waals surface area (Å²) in [6.45, 7) is 14.7. The van der Waals surface area contributed by atoms with Gasteiger partial charge in [0.2, 0.25) is 0 Å². The molecule has 0 atom stereocenters. The molecule has 0 fully saturated rings. The lowest BCUT2D eigenvalue weighted by Crippen LogP contribution is -2.29. The molecule has 0 N–H and O–H groups in total. The lowest BCUT2D eigenvalue weighted by molar-refractivity contribution is 0.394. The lowest BCUT2D eigenvalue weighted by Gasteiger charge is -2.24. The summed E-state index contributed by atoms with van der Waals surface area (Å²) in [7, 11) is 4.11.